The molecule has 2 fully saturated rings. The molecule has 0 radical (unpaired) electrons. The monoisotopic (exact) mass is 352 g/mol. The van der Waals surface area contributed by atoms with Gasteiger partial charge in [-0.25, -0.2) is 0 Å². The van der Waals surface area contributed by atoms with Gasteiger partial charge in [0.25, 0.3) is 5.91 Å². The summed E-state index contributed by atoms with van der Waals surface area (Å²) in [4.78, 5) is 16.8. The zero-order valence-electron chi connectivity index (χ0n) is 14.3. The van der Waals surface area contributed by atoms with E-state index >= 15 is 0 Å². The van der Waals surface area contributed by atoms with Crippen LogP contribution in [0.4, 0.5) is 0 Å². The third kappa shape index (κ3) is 4.02. The van der Waals surface area contributed by atoms with Crippen LogP contribution in [0.25, 0.3) is 0 Å². The normalized spacial score (nSPS) is 27.0. The summed E-state index contributed by atoms with van der Waals surface area (Å²) in [5, 5.41) is 0.655. The lowest BCUT2D eigenvalue weighted by atomic mass is 9.86. The lowest BCUT2D eigenvalue weighted by molar-refractivity contribution is -0.153. The maximum atomic E-state index is 12.6. The molecule has 1 saturated carbocycles. The van der Waals surface area contributed by atoms with Crippen molar-refractivity contribution in [2.75, 3.05) is 33.9 Å². The van der Waals surface area contributed by atoms with Crippen molar-refractivity contribution in [2.45, 2.75) is 37.5 Å². The molecule has 5 nitrogen and oxygen atoms in total. The first kappa shape index (κ1) is 17.5. The van der Waals surface area contributed by atoms with Crippen molar-refractivity contribution in [3.63, 3.8) is 0 Å². The maximum absolute atomic E-state index is 12.6. The number of carbonyl (C=O) groups is 1. The number of ether oxygens (including phenoxy) is 2. The number of morpholine rings is 1. The Morgan fingerprint density at radius 3 is 2.79 bits per heavy atom. The van der Waals surface area contributed by atoms with E-state index in [4.69, 9.17) is 21.1 Å². The number of fused-ring (bicyclic) bond motifs is 1. The third-order valence-electron chi connectivity index (χ3n) is 5.02. The van der Waals surface area contributed by atoms with Gasteiger partial charge in [0.05, 0.1) is 18.8 Å². The number of nitrogens with zero attached hydrogens (tertiary/aromatic N) is 2. The summed E-state index contributed by atoms with van der Waals surface area (Å²) < 4.78 is 11.6. The van der Waals surface area contributed by atoms with Crippen LogP contribution in [-0.4, -0.2) is 67.7 Å². The largest absolute Gasteiger partial charge is 0.484 e. The lowest BCUT2D eigenvalue weighted by Crippen LogP contribution is -2.58. The number of benzene rings is 1. The van der Waals surface area contributed by atoms with Crippen molar-refractivity contribution < 1.29 is 14.3 Å². The highest BCUT2D eigenvalue weighted by molar-refractivity contribution is 6.30. The van der Waals surface area contributed by atoms with Crippen molar-refractivity contribution in [1.82, 2.24) is 9.80 Å². The Kier molecular flexibility index (Phi) is 5.64. The molecule has 1 aromatic rings. The van der Waals surface area contributed by atoms with Crippen LogP contribution in [0.5, 0.6) is 5.75 Å². The number of carbonyl (C=O) groups excluding carboxylic acids is 1. The molecule has 2 aliphatic rings. The van der Waals surface area contributed by atoms with Gasteiger partial charge in [-0.3, -0.25) is 4.79 Å². The van der Waals surface area contributed by atoms with E-state index in [-0.39, 0.29) is 24.7 Å². The van der Waals surface area contributed by atoms with E-state index in [2.05, 4.69) is 19.0 Å². The lowest BCUT2D eigenvalue weighted by Gasteiger charge is -2.46. The standard InChI is InChI=1S/C18H25ClN2O3/c1-20(2)14-5-8-16-17(11-14)23-10-9-21(16)18(22)12-24-15-6-3-13(19)4-7-15/h3-4,6-7,14,16-17H,5,8-12H2,1-2H3. The molecule has 0 aromatic heterocycles. The van der Waals surface area contributed by atoms with Gasteiger partial charge in [0.15, 0.2) is 6.61 Å². The highest BCUT2D eigenvalue weighted by Crippen LogP contribution is 2.30. The van der Waals surface area contributed by atoms with Gasteiger partial charge >= 0.3 is 0 Å². The summed E-state index contributed by atoms with van der Waals surface area (Å²) in [6.45, 7) is 1.31. The first-order valence-corrected chi connectivity index (χ1v) is 8.88. The molecule has 6 heteroatoms. The van der Waals surface area contributed by atoms with E-state index in [1.165, 1.54) is 0 Å². The molecule has 1 aliphatic carbocycles. The molecular weight excluding hydrogens is 328 g/mol. The van der Waals surface area contributed by atoms with E-state index in [1.807, 2.05) is 4.90 Å². The molecule has 24 heavy (non-hydrogen) atoms. The second-order valence-electron chi connectivity index (χ2n) is 6.74. The van der Waals surface area contributed by atoms with Gasteiger partial charge < -0.3 is 19.3 Å². The van der Waals surface area contributed by atoms with Crippen LogP contribution in [-0.2, 0) is 9.53 Å². The van der Waals surface area contributed by atoms with Gasteiger partial charge in [-0.15, -0.1) is 0 Å². The average Bonchev–Trinajstić information content (AvgIpc) is 2.60. The first-order valence-electron chi connectivity index (χ1n) is 8.50. The fraction of sp³-hybridized carbons (Fsp3) is 0.611. The molecule has 1 amide bonds. The zero-order valence-corrected chi connectivity index (χ0v) is 15.0. The molecule has 0 N–H and O–H groups in total. The molecule has 0 bridgehead atoms. The Balaban J connectivity index is 1.57. The van der Waals surface area contributed by atoms with E-state index in [1.54, 1.807) is 24.3 Å². The Bertz CT molecular complexity index is 564. The van der Waals surface area contributed by atoms with E-state index in [0.717, 1.165) is 19.3 Å². The number of hydrogen-bond donors (Lipinski definition) is 0. The van der Waals surface area contributed by atoms with Gasteiger partial charge in [-0.1, -0.05) is 11.6 Å². The summed E-state index contributed by atoms with van der Waals surface area (Å²) in [7, 11) is 4.22. The van der Waals surface area contributed by atoms with E-state index in [9.17, 15) is 4.79 Å². The van der Waals surface area contributed by atoms with Crippen molar-refractivity contribution in [1.29, 1.82) is 0 Å². The molecule has 3 rings (SSSR count). The smallest absolute Gasteiger partial charge is 0.260 e. The van der Waals surface area contributed by atoms with Gasteiger partial charge in [-0.05, 0) is 57.6 Å². The minimum Gasteiger partial charge on any atom is -0.484 e. The molecule has 3 atom stereocenters. The van der Waals surface area contributed by atoms with Crippen LogP contribution in [0.15, 0.2) is 24.3 Å². The minimum absolute atomic E-state index is 0.0338. The fourth-order valence-corrected chi connectivity index (χ4v) is 3.76. The number of amides is 1. The predicted octanol–water partition coefficient (Wildman–Crippen LogP) is 2.43. The molecule has 1 aliphatic heterocycles. The first-order chi connectivity index (χ1) is 11.5. The zero-order chi connectivity index (χ0) is 17.1. The van der Waals surface area contributed by atoms with E-state index in [0.29, 0.717) is 30.0 Å². The van der Waals surface area contributed by atoms with E-state index < -0.39 is 0 Å². The molecular formula is C18H25ClN2O3. The van der Waals surface area contributed by atoms with Crippen LogP contribution in [0, 0.1) is 0 Å². The van der Waals surface area contributed by atoms with Gasteiger partial charge in [0.1, 0.15) is 5.75 Å². The van der Waals surface area contributed by atoms with Crippen molar-refractivity contribution >= 4 is 17.5 Å². The van der Waals surface area contributed by atoms with Gasteiger partial charge in [0.2, 0.25) is 0 Å². The summed E-state index contributed by atoms with van der Waals surface area (Å²) >= 11 is 5.86. The Labute approximate surface area is 148 Å². The Morgan fingerprint density at radius 1 is 1.33 bits per heavy atom. The molecule has 1 saturated heterocycles. The fourth-order valence-electron chi connectivity index (χ4n) is 3.63. The van der Waals surface area contributed by atoms with Crippen LogP contribution < -0.4 is 4.74 Å². The van der Waals surface area contributed by atoms with Crippen LogP contribution in [0.1, 0.15) is 19.3 Å². The third-order valence-corrected chi connectivity index (χ3v) is 5.27. The minimum atomic E-state index is 0.0338. The topological polar surface area (TPSA) is 42.0 Å². The second-order valence-corrected chi connectivity index (χ2v) is 7.17. The number of hydrogen-bond acceptors (Lipinski definition) is 4. The molecule has 132 valence electrons. The predicted molar refractivity (Wildman–Crippen MR) is 93.5 cm³/mol. The van der Waals surface area contributed by atoms with Crippen molar-refractivity contribution in [3.8, 4) is 5.75 Å². The van der Waals surface area contributed by atoms with Crippen LogP contribution in [0.3, 0.4) is 0 Å². The highest BCUT2D eigenvalue weighted by Gasteiger charge is 2.40. The Morgan fingerprint density at radius 2 is 2.08 bits per heavy atom. The molecule has 0 spiro atoms. The highest BCUT2D eigenvalue weighted by atomic mass is 35.5. The molecule has 3 unspecified atom stereocenters. The summed E-state index contributed by atoms with van der Waals surface area (Å²) in [6, 6.07) is 7.78. The molecule has 1 heterocycles. The van der Waals surface area contributed by atoms with Gasteiger partial charge in [0, 0.05) is 17.6 Å². The van der Waals surface area contributed by atoms with Crippen LogP contribution >= 0.6 is 11.6 Å². The number of rotatable bonds is 4. The average molecular weight is 353 g/mol. The quantitative estimate of drug-likeness (QED) is 0.834. The second kappa shape index (κ2) is 7.72. The van der Waals surface area contributed by atoms with Crippen molar-refractivity contribution in [2.24, 2.45) is 0 Å². The Hall–Kier alpha value is -1.30. The number of halogens is 1. The van der Waals surface area contributed by atoms with Crippen molar-refractivity contribution in [3.05, 3.63) is 29.3 Å². The molecule has 1 aromatic carbocycles. The maximum Gasteiger partial charge on any atom is 0.260 e. The van der Waals surface area contributed by atoms with Gasteiger partial charge in [-0.2, -0.15) is 0 Å². The SMILES string of the molecule is CN(C)C1CCC2C(C1)OCCN2C(=O)COc1ccc(Cl)cc1. The summed E-state index contributed by atoms with van der Waals surface area (Å²) in [5.41, 5.74) is 0. The summed E-state index contributed by atoms with van der Waals surface area (Å²) in [5.74, 6) is 0.695. The summed E-state index contributed by atoms with van der Waals surface area (Å²) in [6.07, 6.45) is 3.21. The van der Waals surface area contributed by atoms with Crippen LogP contribution in [0.2, 0.25) is 5.02 Å².